The Kier molecular flexibility index (Phi) is 7.44. The van der Waals surface area contributed by atoms with Gasteiger partial charge in [0.05, 0.1) is 0 Å². The summed E-state index contributed by atoms with van der Waals surface area (Å²) in [6.45, 7) is -0.720. The van der Waals surface area contributed by atoms with Crippen LogP contribution in [0.4, 0.5) is 19.1 Å². The van der Waals surface area contributed by atoms with Gasteiger partial charge in [-0.1, -0.05) is 19.3 Å². The SMILES string of the molecule is FC(F)(F)COc1nc(CC2CCC3CCCC3C2)nc(NCC2CCC(Cl)CC2)n1. The maximum absolute atomic E-state index is 12.6. The van der Waals surface area contributed by atoms with Gasteiger partial charge in [-0.15, -0.1) is 11.6 Å². The number of rotatable bonds is 7. The Morgan fingerprint density at radius 3 is 2.42 bits per heavy atom. The lowest BCUT2D eigenvalue weighted by atomic mass is 9.75. The molecule has 0 aliphatic heterocycles. The summed E-state index contributed by atoms with van der Waals surface area (Å²) in [5, 5.41) is 3.46. The molecule has 0 radical (unpaired) electrons. The Morgan fingerprint density at radius 1 is 0.903 bits per heavy atom. The minimum absolute atomic E-state index is 0.246. The van der Waals surface area contributed by atoms with Gasteiger partial charge in [-0.3, -0.25) is 0 Å². The second kappa shape index (κ2) is 10.1. The summed E-state index contributed by atoms with van der Waals surface area (Å²) in [5.41, 5.74) is 0. The van der Waals surface area contributed by atoms with E-state index in [1.807, 2.05) is 0 Å². The molecule has 1 heterocycles. The number of alkyl halides is 4. The number of ether oxygens (including phenoxy) is 1. The van der Waals surface area contributed by atoms with Gasteiger partial charge < -0.3 is 10.1 Å². The molecule has 9 heteroatoms. The van der Waals surface area contributed by atoms with Crippen LogP contribution in [0.1, 0.15) is 70.0 Å². The molecule has 0 spiro atoms. The molecule has 1 aromatic rings. The Bertz CT molecular complexity index is 727. The van der Waals surface area contributed by atoms with Crippen molar-refractivity contribution in [2.24, 2.45) is 23.7 Å². The van der Waals surface area contributed by atoms with Crippen LogP contribution in [0.5, 0.6) is 6.01 Å². The van der Waals surface area contributed by atoms with Gasteiger partial charge in [0.2, 0.25) is 5.95 Å². The summed E-state index contributed by atoms with van der Waals surface area (Å²) in [7, 11) is 0. The third-order valence-electron chi connectivity index (χ3n) is 7.22. The van der Waals surface area contributed by atoms with Crippen LogP contribution in [0.3, 0.4) is 0 Å². The van der Waals surface area contributed by atoms with E-state index in [4.69, 9.17) is 16.3 Å². The van der Waals surface area contributed by atoms with Gasteiger partial charge in [0.15, 0.2) is 6.61 Å². The lowest BCUT2D eigenvalue weighted by molar-refractivity contribution is -0.154. The maximum Gasteiger partial charge on any atom is 0.422 e. The highest BCUT2D eigenvalue weighted by atomic mass is 35.5. The molecule has 3 unspecified atom stereocenters. The van der Waals surface area contributed by atoms with Crippen molar-refractivity contribution in [2.75, 3.05) is 18.5 Å². The van der Waals surface area contributed by atoms with E-state index in [-0.39, 0.29) is 11.4 Å². The number of nitrogens with zero attached hydrogens (tertiary/aromatic N) is 3. The molecule has 31 heavy (non-hydrogen) atoms. The van der Waals surface area contributed by atoms with Gasteiger partial charge in [0.1, 0.15) is 5.82 Å². The largest absolute Gasteiger partial charge is 0.454 e. The fourth-order valence-electron chi connectivity index (χ4n) is 5.58. The standard InChI is InChI=1S/C22H32ClF3N4O/c23-18-8-5-14(6-9-18)12-27-20-28-19(29-21(30-20)31-13-22(24,25)26)11-15-4-7-16-2-1-3-17(16)10-15/h14-18H,1-13H2,(H,27,28,29,30). The lowest BCUT2D eigenvalue weighted by Gasteiger charge is -2.31. The average Bonchev–Trinajstić information content (AvgIpc) is 3.19. The average molecular weight is 461 g/mol. The van der Waals surface area contributed by atoms with Crippen LogP contribution in [-0.4, -0.2) is 39.7 Å². The highest BCUT2D eigenvalue weighted by Gasteiger charge is 2.34. The molecule has 0 aromatic carbocycles. The predicted molar refractivity (Wildman–Crippen MR) is 113 cm³/mol. The third-order valence-corrected chi connectivity index (χ3v) is 7.66. The van der Waals surface area contributed by atoms with E-state index in [0.717, 1.165) is 43.9 Å². The van der Waals surface area contributed by atoms with Crippen molar-refractivity contribution in [3.05, 3.63) is 5.82 Å². The van der Waals surface area contributed by atoms with E-state index < -0.39 is 12.8 Å². The van der Waals surface area contributed by atoms with Gasteiger partial charge >= 0.3 is 12.2 Å². The predicted octanol–water partition coefficient (Wildman–Crippen LogP) is 5.78. The van der Waals surface area contributed by atoms with Crippen molar-refractivity contribution in [2.45, 2.75) is 82.2 Å². The highest BCUT2D eigenvalue weighted by Crippen LogP contribution is 2.44. The van der Waals surface area contributed by atoms with Gasteiger partial charge in [-0.2, -0.15) is 28.1 Å². The summed E-state index contributed by atoms with van der Waals surface area (Å²) in [4.78, 5) is 12.9. The van der Waals surface area contributed by atoms with Crippen LogP contribution in [0.25, 0.3) is 0 Å². The molecular weight excluding hydrogens is 429 g/mol. The first-order valence-electron chi connectivity index (χ1n) is 11.7. The second-order valence-corrected chi connectivity index (χ2v) is 10.2. The maximum atomic E-state index is 12.6. The number of hydrogen-bond donors (Lipinski definition) is 1. The fraction of sp³-hybridized carbons (Fsp3) is 0.864. The number of nitrogens with one attached hydrogen (secondary N) is 1. The Labute approximate surface area is 186 Å². The number of hydrogen-bond acceptors (Lipinski definition) is 5. The van der Waals surface area contributed by atoms with E-state index >= 15 is 0 Å². The molecule has 0 bridgehead atoms. The van der Waals surface area contributed by atoms with Crippen molar-refractivity contribution in [1.82, 2.24) is 15.0 Å². The first-order chi connectivity index (χ1) is 14.8. The highest BCUT2D eigenvalue weighted by molar-refractivity contribution is 6.20. The van der Waals surface area contributed by atoms with Gasteiger partial charge in [-0.05, 0) is 68.6 Å². The Balaban J connectivity index is 1.40. The van der Waals surface area contributed by atoms with Crippen LogP contribution in [0, 0.1) is 23.7 Å². The minimum Gasteiger partial charge on any atom is -0.454 e. The van der Waals surface area contributed by atoms with Crippen molar-refractivity contribution in [1.29, 1.82) is 0 Å². The first-order valence-corrected chi connectivity index (χ1v) is 12.1. The normalized spacial score (nSPS) is 31.3. The Morgan fingerprint density at radius 2 is 1.65 bits per heavy atom. The van der Waals surface area contributed by atoms with E-state index in [2.05, 4.69) is 20.3 Å². The zero-order valence-electron chi connectivity index (χ0n) is 17.8. The monoisotopic (exact) mass is 460 g/mol. The van der Waals surface area contributed by atoms with Crippen LogP contribution in [-0.2, 0) is 6.42 Å². The molecule has 1 aromatic heterocycles. The minimum atomic E-state index is -4.43. The van der Waals surface area contributed by atoms with Crippen molar-refractivity contribution >= 4 is 17.5 Å². The molecule has 0 amide bonds. The van der Waals surface area contributed by atoms with Crippen molar-refractivity contribution < 1.29 is 17.9 Å². The third kappa shape index (κ3) is 6.83. The summed E-state index contributed by atoms with van der Waals surface area (Å²) in [5.74, 6) is 3.43. The zero-order chi connectivity index (χ0) is 21.8. The molecule has 5 nitrogen and oxygen atoms in total. The molecule has 0 saturated heterocycles. The molecule has 174 valence electrons. The van der Waals surface area contributed by atoms with Gasteiger partial charge in [0, 0.05) is 18.3 Å². The van der Waals surface area contributed by atoms with Crippen molar-refractivity contribution in [3.63, 3.8) is 0 Å². The van der Waals surface area contributed by atoms with Gasteiger partial charge in [-0.25, -0.2) is 0 Å². The number of aromatic nitrogens is 3. The molecule has 3 fully saturated rings. The number of halogens is 4. The Hall–Kier alpha value is -1.31. The summed E-state index contributed by atoms with van der Waals surface area (Å²) in [6, 6.07) is -0.246. The zero-order valence-corrected chi connectivity index (χ0v) is 18.6. The summed E-state index contributed by atoms with van der Waals surface area (Å²) < 4.78 is 42.8. The van der Waals surface area contributed by atoms with Crippen LogP contribution >= 0.6 is 11.6 Å². The van der Waals surface area contributed by atoms with E-state index in [1.54, 1.807) is 0 Å². The van der Waals surface area contributed by atoms with Crippen LogP contribution in [0.15, 0.2) is 0 Å². The smallest absolute Gasteiger partial charge is 0.422 e. The van der Waals surface area contributed by atoms with Crippen LogP contribution in [0.2, 0.25) is 0 Å². The summed E-state index contributed by atoms with van der Waals surface area (Å²) in [6.07, 6.45) is 7.78. The van der Waals surface area contributed by atoms with E-state index in [0.29, 0.717) is 36.6 Å². The molecule has 3 atom stereocenters. The summed E-state index contributed by atoms with van der Waals surface area (Å²) >= 11 is 6.18. The fourth-order valence-corrected chi connectivity index (χ4v) is 5.84. The second-order valence-electron chi connectivity index (χ2n) is 9.59. The first kappa shape index (κ1) is 22.9. The van der Waals surface area contributed by atoms with Crippen molar-refractivity contribution in [3.8, 4) is 6.01 Å². The van der Waals surface area contributed by atoms with E-state index in [1.165, 1.54) is 32.1 Å². The van der Waals surface area contributed by atoms with E-state index in [9.17, 15) is 13.2 Å². The molecule has 3 aliphatic carbocycles. The molecule has 3 saturated carbocycles. The quantitative estimate of drug-likeness (QED) is 0.522. The van der Waals surface area contributed by atoms with Crippen LogP contribution < -0.4 is 10.1 Å². The lowest BCUT2D eigenvalue weighted by Crippen LogP contribution is -2.25. The molecular formula is C22H32ClF3N4O. The number of anilines is 1. The van der Waals surface area contributed by atoms with Gasteiger partial charge in [0.25, 0.3) is 0 Å². The molecule has 1 N–H and O–H groups in total. The molecule has 3 aliphatic rings. The molecule has 4 rings (SSSR count). The number of fused-ring (bicyclic) bond motifs is 1. The topological polar surface area (TPSA) is 59.9 Å².